The van der Waals surface area contributed by atoms with E-state index in [-0.39, 0.29) is 5.91 Å². The molecule has 1 heterocycles. The van der Waals surface area contributed by atoms with Crippen LogP contribution in [0.3, 0.4) is 0 Å². The van der Waals surface area contributed by atoms with Crippen LogP contribution >= 0.6 is 0 Å². The van der Waals surface area contributed by atoms with Crippen molar-refractivity contribution in [3.63, 3.8) is 0 Å². The largest absolute Gasteiger partial charge is 0.337 e. The summed E-state index contributed by atoms with van der Waals surface area (Å²) >= 11 is 0. The maximum absolute atomic E-state index is 11.8. The van der Waals surface area contributed by atoms with E-state index >= 15 is 0 Å². The van der Waals surface area contributed by atoms with Gasteiger partial charge in [-0.1, -0.05) is 6.07 Å². The smallest absolute Gasteiger partial charge is 0.222 e. The maximum Gasteiger partial charge on any atom is 0.222 e. The lowest BCUT2D eigenvalue weighted by molar-refractivity contribution is -0.131. The molecule has 0 atom stereocenters. The molecule has 0 spiro atoms. The number of rotatable bonds is 6. The Kier molecular flexibility index (Phi) is 5.50. The van der Waals surface area contributed by atoms with Crippen molar-refractivity contribution in [3.05, 3.63) is 30.1 Å². The van der Waals surface area contributed by atoms with Crippen molar-refractivity contribution >= 4 is 5.91 Å². The van der Waals surface area contributed by atoms with Gasteiger partial charge in [0.15, 0.2) is 0 Å². The molecule has 0 aliphatic heterocycles. The molecule has 1 aromatic rings. The number of aromatic nitrogens is 1. The Morgan fingerprint density at radius 3 is 2.88 bits per heavy atom. The SMILES string of the molecule is CCN(Cc1ccccn1)C(=O)CCCN. The normalized spacial score (nSPS) is 10.1. The van der Waals surface area contributed by atoms with Crippen molar-refractivity contribution in [1.82, 2.24) is 9.88 Å². The van der Waals surface area contributed by atoms with Gasteiger partial charge in [-0.25, -0.2) is 0 Å². The predicted octanol–water partition coefficient (Wildman–Crippen LogP) is 1.17. The van der Waals surface area contributed by atoms with Gasteiger partial charge in [0.25, 0.3) is 0 Å². The van der Waals surface area contributed by atoms with Crippen LogP contribution in [0.25, 0.3) is 0 Å². The van der Waals surface area contributed by atoms with Crippen molar-refractivity contribution in [3.8, 4) is 0 Å². The minimum absolute atomic E-state index is 0.151. The van der Waals surface area contributed by atoms with Gasteiger partial charge in [0.05, 0.1) is 12.2 Å². The number of carbonyl (C=O) groups excluding carboxylic acids is 1. The fourth-order valence-corrected chi connectivity index (χ4v) is 1.47. The molecule has 4 heteroatoms. The van der Waals surface area contributed by atoms with E-state index in [1.807, 2.05) is 25.1 Å². The summed E-state index contributed by atoms with van der Waals surface area (Å²) < 4.78 is 0. The molecule has 0 aliphatic carbocycles. The summed E-state index contributed by atoms with van der Waals surface area (Å²) in [4.78, 5) is 17.8. The summed E-state index contributed by atoms with van der Waals surface area (Å²) in [6.45, 7) is 3.83. The molecule has 0 aromatic carbocycles. The standard InChI is InChI=1S/C12H19N3O/c1-2-15(12(16)7-5-8-13)10-11-6-3-4-9-14-11/h3-4,6,9H,2,5,7-8,10,13H2,1H3. The molecule has 88 valence electrons. The van der Waals surface area contributed by atoms with Crippen molar-refractivity contribution in [1.29, 1.82) is 0 Å². The predicted molar refractivity (Wildman–Crippen MR) is 63.6 cm³/mol. The molecule has 16 heavy (non-hydrogen) atoms. The minimum Gasteiger partial charge on any atom is -0.337 e. The Hall–Kier alpha value is -1.42. The fourth-order valence-electron chi connectivity index (χ4n) is 1.47. The Morgan fingerprint density at radius 1 is 1.50 bits per heavy atom. The first kappa shape index (κ1) is 12.6. The third-order valence-corrected chi connectivity index (χ3v) is 2.41. The summed E-state index contributed by atoms with van der Waals surface area (Å²) in [7, 11) is 0. The van der Waals surface area contributed by atoms with E-state index in [1.54, 1.807) is 11.1 Å². The average Bonchev–Trinajstić information content (AvgIpc) is 2.34. The highest BCUT2D eigenvalue weighted by atomic mass is 16.2. The highest BCUT2D eigenvalue weighted by Gasteiger charge is 2.11. The van der Waals surface area contributed by atoms with Crippen molar-refractivity contribution < 1.29 is 4.79 Å². The van der Waals surface area contributed by atoms with Crippen molar-refractivity contribution in [2.24, 2.45) is 5.73 Å². The van der Waals surface area contributed by atoms with Gasteiger partial charge in [0.2, 0.25) is 5.91 Å². The van der Waals surface area contributed by atoms with Crippen LogP contribution in [-0.2, 0) is 11.3 Å². The number of carbonyl (C=O) groups is 1. The Bertz CT molecular complexity index is 313. The number of pyridine rings is 1. The first-order valence-electron chi connectivity index (χ1n) is 5.65. The number of nitrogens with zero attached hydrogens (tertiary/aromatic N) is 2. The third kappa shape index (κ3) is 3.98. The molecule has 4 nitrogen and oxygen atoms in total. The average molecular weight is 221 g/mol. The fraction of sp³-hybridized carbons (Fsp3) is 0.500. The Labute approximate surface area is 96.5 Å². The molecule has 0 unspecified atom stereocenters. The first-order valence-corrected chi connectivity index (χ1v) is 5.65. The lowest BCUT2D eigenvalue weighted by Crippen LogP contribution is -2.30. The van der Waals surface area contributed by atoms with Crippen LogP contribution in [0.1, 0.15) is 25.5 Å². The zero-order chi connectivity index (χ0) is 11.8. The molecule has 0 fully saturated rings. The lowest BCUT2D eigenvalue weighted by atomic mass is 10.2. The van der Waals surface area contributed by atoms with E-state index in [2.05, 4.69) is 4.98 Å². The molecule has 0 radical (unpaired) electrons. The second-order valence-electron chi connectivity index (χ2n) is 3.62. The number of nitrogens with two attached hydrogens (primary N) is 1. The second kappa shape index (κ2) is 6.95. The van der Waals surface area contributed by atoms with Gasteiger partial charge >= 0.3 is 0 Å². The van der Waals surface area contributed by atoms with E-state index in [0.29, 0.717) is 26.1 Å². The van der Waals surface area contributed by atoms with Crippen LogP contribution in [0.2, 0.25) is 0 Å². The molecule has 0 aliphatic rings. The summed E-state index contributed by atoms with van der Waals surface area (Å²) in [6, 6.07) is 5.73. The van der Waals surface area contributed by atoms with E-state index < -0.39 is 0 Å². The van der Waals surface area contributed by atoms with Gasteiger partial charge < -0.3 is 10.6 Å². The Balaban J connectivity index is 2.52. The molecule has 1 amide bonds. The lowest BCUT2D eigenvalue weighted by Gasteiger charge is -2.20. The van der Waals surface area contributed by atoms with Gasteiger partial charge in [0, 0.05) is 19.2 Å². The van der Waals surface area contributed by atoms with Crippen LogP contribution in [0.5, 0.6) is 0 Å². The summed E-state index contributed by atoms with van der Waals surface area (Å²) in [5.41, 5.74) is 6.31. The minimum atomic E-state index is 0.151. The summed E-state index contributed by atoms with van der Waals surface area (Å²) in [5, 5.41) is 0. The van der Waals surface area contributed by atoms with Crippen LogP contribution in [0, 0.1) is 0 Å². The van der Waals surface area contributed by atoms with Crippen LogP contribution in [0.15, 0.2) is 24.4 Å². The van der Waals surface area contributed by atoms with Crippen molar-refractivity contribution in [2.75, 3.05) is 13.1 Å². The van der Waals surface area contributed by atoms with E-state index in [0.717, 1.165) is 12.1 Å². The van der Waals surface area contributed by atoms with Crippen LogP contribution in [-0.4, -0.2) is 28.9 Å². The topological polar surface area (TPSA) is 59.2 Å². The zero-order valence-electron chi connectivity index (χ0n) is 9.72. The Morgan fingerprint density at radius 2 is 2.31 bits per heavy atom. The van der Waals surface area contributed by atoms with E-state index in [4.69, 9.17) is 5.73 Å². The monoisotopic (exact) mass is 221 g/mol. The van der Waals surface area contributed by atoms with E-state index in [1.165, 1.54) is 0 Å². The molecular formula is C12H19N3O. The van der Waals surface area contributed by atoms with Gasteiger partial charge in [0.1, 0.15) is 0 Å². The molecule has 1 aromatic heterocycles. The third-order valence-electron chi connectivity index (χ3n) is 2.41. The van der Waals surface area contributed by atoms with Crippen LogP contribution in [0.4, 0.5) is 0 Å². The summed E-state index contributed by atoms with van der Waals surface area (Å²) in [6.07, 6.45) is 3.02. The van der Waals surface area contributed by atoms with Crippen molar-refractivity contribution in [2.45, 2.75) is 26.3 Å². The van der Waals surface area contributed by atoms with Gasteiger partial charge in [-0.15, -0.1) is 0 Å². The number of hydrogen-bond acceptors (Lipinski definition) is 3. The second-order valence-corrected chi connectivity index (χ2v) is 3.62. The highest BCUT2D eigenvalue weighted by Crippen LogP contribution is 2.04. The zero-order valence-corrected chi connectivity index (χ0v) is 9.72. The molecule has 2 N–H and O–H groups in total. The number of amides is 1. The van der Waals surface area contributed by atoms with Gasteiger partial charge in [-0.2, -0.15) is 0 Å². The number of hydrogen-bond donors (Lipinski definition) is 1. The molecule has 1 rings (SSSR count). The summed E-state index contributed by atoms with van der Waals surface area (Å²) in [5.74, 6) is 0.151. The van der Waals surface area contributed by atoms with Gasteiger partial charge in [-0.05, 0) is 32.0 Å². The molecular weight excluding hydrogens is 202 g/mol. The molecule has 0 bridgehead atoms. The molecule has 0 saturated heterocycles. The van der Waals surface area contributed by atoms with E-state index in [9.17, 15) is 4.79 Å². The van der Waals surface area contributed by atoms with Crippen LogP contribution < -0.4 is 5.73 Å². The maximum atomic E-state index is 11.8. The highest BCUT2D eigenvalue weighted by molar-refractivity contribution is 5.76. The quantitative estimate of drug-likeness (QED) is 0.784. The van der Waals surface area contributed by atoms with Gasteiger partial charge in [-0.3, -0.25) is 9.78 Å². The first-order chi connectivity index (χ1) is 7.77. The molecule has 0 saturated carbocycles.